The summed E-state index contributed by atoms with van der Waals surface area (Å²) in [7, 11) is 0. The molecule has 0 bridgehead atoms. The van der Waals surface area contributed by atoms with Crippen molar-refractivity contribution in [2.45, 2.75) is 31.9 Å². The number of ether oxygens (including phenoxy) is 1. The lowest BCUT2D eigenvalue weighted by atomic mass is 10.1. The van der Waals surface area contributed by atoms with Crippen LogP contribution in [0.4, 0.5) is 14.5 Å². The number of nitrogens with zero attached hydrogens (tertiary/aromatic N) is 1. The van der Waals surface area contributed by atoms with E-state index in [1.165, 1.54) is 0 Å². The van der Waals surface area contributed by atoms with E-state index in [4.69, 9.17) is 4.74 Å². The van der Waals surface area contributed by atoms with Gasteiger partial charge >= 0.3 is 5.69 Å². The summed E-state index contributed by atoms with van der Waals surface area (Å²) in [6.45, 7) is 2.23. The summed E-state index contributed by atoms with van der Waals surface area (Å²) < 4.78 is 32.9. The molecule has 6 nitrogen and oxygen atoms in total. The maximum absolute atomic E-state index is 13.9. The second-order valence-electron chi connectivity index (χ2n) is 4.83. The summed E-state index contributed by atoms with van der Waals surface area (Å²) in [5.41, 5.74) is -1.89. The number of carbonyl (C=O) groups excluding carboxylic acids is 1. The highest BCUT2D eigenvalue weighted by Gasteiger charge is 2.29. The van der Waals surface area contributed by atoms with Crippen molar-refractivity contribution in [2.24, 2.45) is 0 Å². The van der Waals surface area contributed by atoms with Gasteiger partial charge in [-0.15, -0.1) is 0 Å². The molecule has 1 aromatic rings. The molecule has 21 heavy (non-hydrogen) atoms. The predicted molar refractivity (Wildman–Crippen MR) is 68.9 cm³/mol. The molecule has 1 heterocycles. The van der Waals surface area contributed by atoms with Crippen LogP contribution < -0.4 is 5.32 Å². The quantitative estimate of drug-likeness (QED) is 0.682. The number of nitrogens with one attached hydrogen (secondary N) is 1. The van der Waals surface area contributed by atoms with Crippen molar-refractivity contribution in [1.29, 1.82) is 0 Å². The van der Waals surface area contributed by atoms with Crippen LogP contribution in [-0.4, -0.2) is 29.6 Å². The molecule has 1 N–H and O–H groups in total. The van der Waals surface area contributed by atoms with Crippen molar-refractivity contribution in [3.8, 4) is 0 Å². The van der Waals surface area contributed by atoms with Crippen LogP contribution in [0.3, 0.4) is 0 Å². The Balaban J connectivity index is 2.22. The van der Waals surface area contributed by atoms with Crippen LogP contribution in [0.25, 0.3) is 0 Å². The summed E-state index contributed by atoms with van der Waals surface area (Å²) in [5, 5.41) is 13.1. The number of hydrogen-bond donors (Lipinski definition) is 1. The zero-order valence-corrected chi connectivity index (χ0v) is 11.3. The van der Waals surface area contributed by atoms with E-state index >= 15 is 0 Å². The van der Waals surface area contributed by atoms with E-state index in [0.29, 0.717) is 18.7 Å². The van der Waals surface area contributed by atoms with Gasteiger partial charge in [-0.1, -0.05) is 0 Å². The highest BCUT2D eigenvalue weighted by Crippen LogP contribution is 2.23. The summed E-state index contributed by atoms with van der Waals surface area (Å²) in [5.74, 6) is -3.65. The average molecular weight is 300 g/mol. The Morgan fingerprint density at radius 1 is 1.52 bits per heavy atom. The standard InChI is InChI=1S/C13H14F2N2O4/c1-7(10-3-2-6-21-10)16-13(18)11-8(14)4-5-9(12(11)15)17(19)20/h4-5,7,10H,2-3,6H2,1H3,(H,16,18). The van der Waals surface area contributed by atoms with Gasteiger partial charge in [0.2, 0.25) is 5.82 Å². The summed E-state index contributed by atoms with van der Waals surface area (Å²) in [6, 6.07) is 0.940. The number of benzene rings is 1. The van der Waals surface area contributed by atoms with Crippen molar-refractivity contribution in [3.05, 3.63) is 39.4 Å². The van der Waals surface area contributed by atoms with Crippen LogP contribution in [0.15, 0.2) is 12.1 Å². The van der Waals surface area contributed by atoms with Gasteiger partial charge in [0.25, 0.3) is 5.91 Å². The van der Waals surface area contributed by atoms with Crippen LogP contribution in [0.2, 0.25) is 0 Å². The minimum atomic E-state index is -1.47. The van der Waals surface area contributed by atoms with E-state index in [1.54, 1.807) is 6.92 Å². The molecule has 2 unspecified atom stereocenters. The normalized spacial score (nSPS) is 19.3. The number of nitro groups is 1. The fourth-order valence-corrected chi connectivity index (χ4v) is 2.26. The molecule has 0 saturated carbocycles. The second kappa shape index (κ2) is 6.13. The molecule has 1 amide bonds. The predicted octanol–water partition coefficient (Wildman–Crippen LogP) is 2.17. The Morgan fingerprint density at radius 2 is 2.24 bits per heavy atom. The second-order valence-corrected chi connectivity index (χ2v) is 4.83. The van der Waals surface area contributed by atoms with E-state index in [9.17, 15) is 23.7 Å². The average Bonchev–Trinajstić information content (AvgIpc) is 2.91. The Kier molecular flexibility index (Phi) is 4.46. The van der Waals surface area contributed by atoms with Crippen LogP contribution in [-0.2, 0) is 4.74 Å². The van der Waals surface area contributed by atoms with Gasteiger partial charge in [-0.2, -0.15) is 4.39 Å². The summed E-state index contributed by atoms with van der Waals surface area (Å²) >= 11 is 0. The Bertz CT molecular complexity index is 574. The van der Waals surface area contributed by atoms with Crippen LogP contribution in [0, 0.1) is 21.7 Å². The topological polar surface area (TPSA) is 81.5 Å². The molecule has 1 aromatic carbocycles. The lowest BCUT2D eigenvalue weighted by Crippen LogP contribution is -2.41. The van der Waals surface area contributed by atoms with Crippen molar-refractivity contribution < 1.29 is 23.2 Å². The monoisotopic (exact) mass is 300 g/mol. The summed E-state index contributed by atoms with van der Waals surface area (Å²) in [4.78, 5) is 21.6. The third-order valence-electron chi connectivity index (χ3n) is 3.38. The first kappa shape index (κ1) is 15.3. The number of nitro benzene ring substituents is 1. The molecule has 1 saturated heterocycles. The number of halogens is 2. The molecule has 2 atom stereocenters. The van der Waals surface area contributed by atoms with E-state index in [-0.39, 0.29) is 6.10 Å². The first-order valence-electron chi connectivity index (χ1n) is 6.46. The lowest BCUT2D eigenvalue weighted by molar-refractivity contribution is -0.387. The fraction of sp³-hybridized carbons (Fsp3) is 0.462. The maximum atomic E-state index is 13.9. The van der Waals surface area contributed by atoms with Crippen molar-refractivity contribution in [1.82, 2.24) is 5.32 Å². The molecule has 2 rings (SSSR count). The van der Waals surface area contributed by atoms with E-state index < -0.39 is 39.8 Å². The Hall–Kier alpha value is -2.09. The number of rotatable bonds is 4. The first-order valence-corrected chi connectivity index (χ1v) is 6.46. The molecular formula is C13H14F2N2O4. The van der Waals surface area contributed by atoms with Gasteiger partial charge in [0, 0.05) is 12.7 Å². The van der Waals surface area contributed by atoms with E-state index in [0.717, 1.165) is 12.8 Å². The molecule has 114 valence electrons. The number of hydrogen-bond acceptors (Lipinski definition) is 4. The van der Waals surface area contributed by atoms with Gasteiger partial charge in [0.05, 0.1) is 17.1 Å². The largest absolute Gasteiger partial charge is 0.376 e. The van der Waals surface area contributed by atoms with Crippen molar-refractivity contribution >= 4 is 11.6 Å². The molecule has 1 fully saturated rings. The SMILES string of the molecule is CC(NC(=O)c1c(F)ccc([N+](=O)[O-])c1F)C1CCCO1. The molecular weight excluding hydrogens is 286 g/mol. The molecule has 0 aliphatic carbocycles. The highest BCUT2D eigenvalue weighted by atomic mass is 19.1. The van der Waals surface area contributed by atoms with Gasteiger partial charge in [-0.3, -0.25) is 14.9 Å². The van der Waals surface area contributed by atoms with E-state index in [1.807, 2.05) is 0 Å². The molecule has 8 heteroatoms. The molecule has 1 aliphatic rings. The first-order chi connectivity index (χ1) is 9.91. The zero-order chi connectivity index (χ0) is 15.6. The Labute approximate surface area is 119 Å². The molecule has 0 aromatic heterocycles. The minimum Gasteiger partial charge on any atom is -0.376 e. The molecule has 0 radical (unpaired) electrons. The minimum absolute atomic E-state index is 0.223. The van der Waals surface area contributed by atoms with Gasteiger partial charge in [0.1, 0.15) is 11.4 Å². The van der Waals surface area contributed by atoms with Crippen molar-refractivity contribution in [3.63, 3.8) is 0 Å². The van der Waals surface area contributed by atoms with Gasteiger partial charge in [-0.05, 0) is 25.8 Å². The fourth-order valence-electron chi connectivity index (χ4n) is 2.26. The Morgan fingerprint density at radius 3 is 2.81 bits per heavy atom. The lowest BCUT2D eigenvalue weighted by Gasteiger charge is -2.20. The van der Waals surface area contributed by atoms with Crippen LogP contribution in [0.1, 0.15) is 30.1 Å². The molecule has 1 aliphatic heterocycles. The number of carbonyl (C=O) groups is 1. The zero-order valence-electron chi connectivity index (χ0n) is 11.3. The smallest absolute Gasteiger partial charge is 0.305 e. The van der Waals surface area contributed by atoms with Crippen molar-refractivity contribution in [2.75, 3.05) is 6.61 Å². The molecule has 0 spiro atoms. The van der Waals surface area contributed by atoms with Crippen LogP contribution >= 0.6 is 0 Å². The van der Waals surface area contributed by atoms with Gasteiger partial charge in [-0.25, -0.2) is 4.39 Å². The van der Waals surface area contributed by atoms with E-state index in [2.05, 4.69) is 5.32 Å². The van der Waals surface area contributed by atoms with Crippen LogP contribution in [0.5, 0.6) is 0 Å². The third-order valence-corrected chi connectivity index (χ3v) is 3.38. The third kappa shape index (κ3) is 3.15. The van der Waals surface area contributed by atoms with Gasteiger partial charge < -0.3 is 10.1 Å². The summed E-state index contributed by atoms with van der Waals surface area (Å²) in [6.07, 6.45) is 1.37. The number of amides is 1. The highest BCUT2D eigenvalue weighted by molar-refractivity contribution is 5.95. The van der Waals surface area contributed by atoms with Gasteiger partial charge in [0.15, 0.2) is 0 Å². The maximum Gasteiger partial charge on any atom is 0.305 e.